The minimum Gasteiger partial charge on any atom is -0.457 e. The van der Waals surface area contributed by atoms with Crippen molar-refractivity contribution in [3.63, 3.8) is 0 Å². The van der Waals surface area contributed by atoms with Gasteiger partial charge >= 0.3 is 0 Å². The quantitative estimate of drug-likeness (QED) is 0.165. The number of benzene rings is 2. The Bertz CT molecular complexity index is 1240. The zero-order chi connectivity index (χ0) is 21.4. The Morgan fingerprint density at radius 1 is 1.20 bits per heavy atom. The lowest BCUT2D eigenvalue weighted by Gasteiger charge is -2.14. The third kappa shape index (κ3) is 4.06. The number of furan rings is 1. The summed E-state index contributed by atoms with van der Waals surface area (Å²) in [5.41, 5.74) is 0.966. The molecule has 0 N–H and O–H groups in total. The first-order chi connectivity index (χ1) is 14.3. The Labute approximate surface area is 193 Å². The van der Waals surface area contributed by atoms with Crippen molar-refractivity contribution in [2.45, 2.75) is 0 Å². The van der Waals surface area contributed by atoms with E-state index < -0.39 is 4.92 Å². The topological polar surface area (TPSA) is 76.6 Å². The molecular weight excluding hydrogens is 512 g/mol. The van der Waals surface area contributed by atoms with Crippen molar-refractivity contribution in [1.29, 1.82) is 0 Å². The summed E-state index contributed by atoms with van der Waals surface area (Å²) in [6.45, 7) is 0. The SMILES string of the molecule is O=C1/C(=C\c2ccc(-c3cc([N+](=O)[O-])ccc3Cl)o2)SC(=S)N1c1cccc(Br)c1. The molecule has 1 aliphatic heterocycles. The molecule has 1 aliphatic rings. The molecule has 150 valence electrons. The average Bonchev–Trinajstić information content (AvgIpc) is 3.26. The summed E-state index contributed by atoms with van der Waals surface area (Å²) in [6, 6.07) is 14.7. The summed E-state index contributed by atoms with van der Waals surface area (Å²) in [5.74, 6) is 0.508. The normalized spacial score (nSPS) is 15.3. The van der Waals surface area contributed by atoms with E-state index in [1.165, 1.54) is 34.9 Å². The van der Waals surface area contributed by atoms with Gasteiger partial charge in [-0.3, -0.25) is 19.8 Å². The van der Waals surface area contributed by atoms with E-state index in [9.17, 15) is 14.9 Å². The molecule has 1 saturated heterocycles. The molecule has 1 aromatic heterocycles. The number of thioether (sulfide) groups is 1. The van der Waals surface area contributed by atoms with Gasteiger partial charge in [0.2, 0.25) is 0 Å². The second kappa shape index (κ2) is 8.35. The van der Waals surface area contributed by atoms with Gasteiger partial charge < -0.3 is 4.42 Å². The van der Waals surface area contributed by atoms with E-state index >= 15 is 0 Å². The maximum atomic E-state index is 12.9. The van der Waals surface area contributed by atoms with Crippen LogP contribution in [0.3, 0.4) is 0 Å². The number of carbonyl (C=O) groups is 1. The number of anilines is 1. The summed E-state index contributed by atoms with van der Waals surface area (Å²) in [6.07, 6.45) is 1.59. The standard InChI is InChI=1S/C20H10BrClN2O4S2/c21-11-2-1-3-12(8-11)23-19(25)18(30-20(23)29)10-14-5-7-17(28-14)15-9-13(24(26)27)4-6-16(15)22/h1-10H/b18-10+. The molecule has 0 atom stereocenters. The van der Waals surface area contributed by atoms with Gasteiger partial charge in [0.25, 0.3) is 11.6 Å². The van der Waals surface area contributed by atoms with Crippen molar-refractivity contribution in [1.82, 2.24) is 0 Å². The van der Waals surface area contributed by atoms with Gasteiger partial charge in [0.15, 0.2) is 4.32 Å². The van der Waals surface area contributed by atoms with Crippen LogP contribution in [0.5, 0.6) is 0 Å². The molecule has 0 spiro atoms. The molecule has 10 heteroatoms. The predicted octanol–water partition coefficient (Wildman–Crippen LogP) is 6.68. The monoisotopic (exact) mass is 520 g/mol. The summed E-state index contributed by atoms with van der Waals surface area (Å²) >= 11 is 16.1. The molecule has 0 radical (unpaired) electrons. The van der Waals surface area contributed by atoms with Gasteiger partial charge in [0.05, 0.1) is 20.5 Å². The summed E-state index contributed by atoms with van der Waals surface area (Å²) in [5, 5.41) is 11.4. The van der Waals surface area contributed by atoms with Crippen LogP contribution in [0.25, 0.3) is 17.4 Å². The Balaban J connectivity index is 1.64. The molecule has 1 amide bonds. The van der Waals surface area contributed by atoms with Crippen molar-refractivity contribution in [2.75, 3.05) is 4.90 Å². The Morgan fingerprint density at radius 2 is 2.00 bits per heavy atom. The second-order valence-corrected chi connectivity index (χ2v) is 9.12. The number of non-ortho nitro benzene ring substituents is 1. The molecule has 3 aromatic rings. The zero-order valence-corrected chi connectivity index (χ0v) is 18.8. The molecular formula is C20H10BrClN2O4S2. The van der Waals surface area contributed by atoms with Gasteiger partial charge in [-0.05, 0) is 36.4 Å². The van der Waals surface area contributed by atoms with E-state index in [1.807, 2.05) is 18.2 Å². The van der Waals surface area contributed by atoms with Crippen LogP contribution in [0.15, 0.2) is 68.4 Å². The first-order valence-corrected chi connectivity index (χ1v) is 10.8. The Kier molecular flexibility index (Phi) is 5.79. The number of amides is 1. The fraction of sp³-hybridized carbons (Fsp3) is 0. The van der Waals surface area contributed by atoms with E-state index in [0.29, 0.717) is 37.0 Å². The summed E-state index contributed by atoms with van der Waals surface area (Å²) in [4.78, 5) is 25.3. The molecule has 4 rings (SSSR count). The van der Waals surface area contributed by atoms with Gasteiger partial charge in [-0.2, -0.15) is 0 Å². The first kappa shape index (κ1) is 20.8. The maximum absolute atomic E-state index is 12.9. The number of nitro benzene ring substituents is 1. The number of nitrogens with zero attached hydrogens (tertiary/aromatic N) is 2. The highest BCUT2D eigenvalue weighted by Crippen LogP contribution is 2.38. The van der Waals surface area contributed by atoms with Crippen LogP contribution in [0.4, 0.5) is 11.4 Å². The smallest absolute Gasteiger partial charge is 0.270 e. The Hall–Kier alpha value is -2.46. The number of nitro groups is 1. The molecule has 0 bridgehead atoms. The predicted molar refractivity (Wildman–Crippen MR) is 126 cm³/mol. The zero-order valence-electron chi connectivity index (χ0n) is 14.9. The molecule has 30 heavy (non-hydrogen) atoms. The van der Waals surface area contributed by atoms with Crippen LogP contribution in [0.1, 0.15) is 5.76 Å². The average molecular weight is 522 g/mol. The molecule has 2 aromatic carbocycles. The number of hydrogen-bond acceptors (Lipinski definition) is 6. The van der Waals surface area contributed by atoms with Gasteiger partial charge in [-0.25, -0.2) is 0 Å². The highest BCUT2D eigenvalue weighted by molar-refractivity contribution is 9.10. The Morgan fingerprint density at radius 3 is 2.73 bits per heavy atom. The van der Waals surface area contributed by atoms with E-state index in [-0.39, 0.29) is 11.6 Å². The van der Waals surface area contributed by atoms with Crippen LogP contribution in [0, 0.1) is 10.1 Å². The van der Waals surface area contributed by atoms with Crippen LogP contribution in [-0.2, 0) is 4.79 Å². The number of rotatable bonds is 4. The summed E-state index contributed by atoms with van der Waals surface area (Å²) < 4.78 is 7.02. The van der Waals surface area contributed by atoms with E-state index in [1.54, 1.807) is 24.3 Å². The van der Waals surface area contributed by atoms with E-state index in [0.717, 1.165) is 4.47 Å². The number of hydrogen-bond donors (Lipinski definition) is 0. The van der Waals surface area contributed by atoms with Crippen LogP contribution >= 0.6 is 51.5 Å². The second-order valence-electron chi connectivity index (χ2n) is 6.12. The first-order valence-electron chi connectivity index (χ1n) is 8.41. The minimum atomic E-state index is -0.503. The van der Waals surface area contributed by atoms with E-state index in [2.05, 4.69) is 15.9 Å². The molecule has 0 saturated carbocycles. The van der Waals surface area contributed by atoms with E-state index in [4.69, 9.17) is 28.2 Å². The van der Waals surface area contributed by atoms with Crippen molar-refractivity contribution in [3.05, 3.63) is 84.9 Å². The van der Waals surface area contributed by atoms with Crippen LogP contribution in [0.2, 0.25) is 5.02 Å². The highest BCUT2D eigenvalue weighted by atomic mass is 79.9. The molecule has 0 aliphatic carbocycles. The number of thiocarbonyl (C=S) groups is 1. The van der Waals surface area contributed by atoms with Gasteiger partial charge in [-0.1, -0.05) is 57.6 Å². The third-order valence-corrected chi connectivity index (χ3v) is 6.31. The van der Waals surface area contributed by atoms with Crippen molar-refractivity contribution >= 4 is 79.2 Å². The van der Waals surface area contributed by atoms with Gasteiger partial charge in [0.1, 0.15) is 11.5 Å². The lowest BCUT2D eigenvalue weighted by Crippen LogP contribution is -2.27. The van der Waals surface area contributed by atoms with Gasteiger partial charge in [-0.15, -0.1) is 0 Å². The van der Waals surface area contributed by atoms with Crippen LogP contribution < -0.4 is 4.90 Å². The largest absolute Gasteiger partial charge is 0.457 e. The van der Waals surface area contributed by atoms with Gasteiger partial charge in [0, 0.05) is 28.2 Å². The fourth-order valence-electron chi connectivity index (χ4n) is 2.83. The lowest BCUT2D eigenvalue weighted by atomic mass is 10.1. The number of halogens is 2. The van der Waals surface area contributed by atoms with Crippen LogP contribution in [-0.4, -0.2) is 15.2 Å². The van der Waals surface area contributed by atoms with Crippen molar-refractivity contribution in [3.8, 4) is 11.3 Å². The molecule has 0 unspecified atom stereocenters. The van der Waals surface area contributed by atoms with Crippen molar-refractivity contribution in [2.24, 2.45) is 0 Å². The van der Waals surface area contributed by atoms with Crippen molar-refractivity contribution < 1.29 is 14.1 Å². The molecule has 2 heterocycles. The third-order valence-electron chi connectivity index (χ3n) is 4.19. The lowest BCUT2D eigenvalue weighted by molar-refractivity contribution is -0.384. The summed E-state index contributed by atoms with van der Waals surface area (Å²) in [7, 11) is 0. The molecule has 6 nitrogen and oxygen atoms in total. The fourth-order valence-corrected chi connectivity index (χ4v) is 4.70. The number of carbonyl (C=O) groups excluding carboxylic acids is 1. The minimum absolute atomic E-state index is 0.0951. The molecule has 1 fully saturated rings. The highest BCUT2D eigenvalue weighted by Gasteiger charge is 2.33. The maximum Gasteiger partial charge on any atom is 0.270 e.